The van der Waals surface area contributed by atoms with E-state index in [0.29, 0.717) is 17.1 Å². The smallest absolute Gasteiger partial charge is 0.335 e. The number of imidazole rings is 1. The highest BCUT2D eigenvalue weighted by Gasteiger charge is 2.24. The minimum absolute atomic E-state index is 0.185. The van der Waals surface area contributed by atoms with Gasteiger partial charge in [-0.05, 0) is 55.3 Å². The van der Waals surface area contributed by atoms with Crippen LogP contribution in [0.4, 0.5) is 5.69 Å². The molecule has 1 aliphatic rings. The van der Waals surface area contributed by atoms with Crippen LogP contribution in [0.25, 0.3) is 22.4 Å². The number of benzene rings is 3. The first-order valence-electron chi connectivity index (χ1n) is 10.8. The van der Waals surface area contributed by atoms with E-state index in [9.17, 15) is 14.7 Å². The van der Waals surface area contributed by atoms with Gasteiger partial charge in [-0.3, -0.25) is 4.79 Å². The van der Waals surface area contributed by atoms with Crippen molar-refractivity contribution in [3.63, 3.8) is 0 Å². The van der Waals surface area contributed by atoms with Gasteiger partial charge in [0, 0.05) is 22.9 Å². The van der Waals surface area contributed by atoms with Crippen LogP contribution in [0, 0.1) is 0 Å². The summed E-state index contributed by atoms with van der Waals surface area (Å²) in [5, 5.41) is 12.3. The Bertz CT molecular complexity index is 1300. The second kappa shape index (κ2) is 8.30. The summed E-state index contributed by atoms with van der Waals surface area (Å²) in [6.45, 7) is 0. The van der Waals surface area contributed by atoms with Gasteiger partial charge in [-0.1, -0.05) is 43.2 Å². The summed E-state index contributed by atoms with van der Waals surface area (Å²) < 4.78 is 2.22. The second-order valence-corrected chi connectivity index (χ2v) is 8.15. The number of hydrogen-bond acceptors (Lipinski definition) is 3. The Labute approximate surface area is 185 Å². The molecule has 32 heavy (non-hydrogen) atoms. The molecule has 1 amide bonds. The Morgan fingerprint density at radius 3 is 2.44 bits per heavy atom. The quantitative estimate of drug-likeness (QED) is 0.425. The highest BCUT2D eigenvalue weighted by atomic mass is 16.4. The van der Waals surface area contributed by atoms with Gasteiger partial charge < -0.3 is 15.0 Å². The van der Waals surface area contributed by atoms with E-state index in [1.165, 1.54) is 0 Å². The zero-order chi connectivity index (χ0) is 22.1. The number of amides is 1. The number of para-hydroxylation sites is 1. The maximum atomic E-state index is 12.8. The van der Waals surface area contributed by atoms with Crippen LogP contribution >= 0.6 is 0 Å². The summed E-state index contributed by atoms with van der Waals surface area (Å²) in [6, 6.07) is 22.2. The Kier molecular flexibility index (Phi) is 5.19. The average Bonchev–Trinajstić information content (AvgIpc) is 3.47. The molecular weight excluding hydrogens is 402 g/mol. The van der Waals surface area contributed by atoms with Gasteiger partial charge >= 0.3 is 5.97 Å². The van der Waals surface area contributed by atoms with Crippen molar-refractivity contribution in [3.8, 4) is 11.4 Å². The zero-order valence-corrected chi connectivity index (χ0v) is 17.5. The second-order valence-electron chi connectivity index (χ2n) is 8.15. The van der Waals surface area contributed by atoms with E-state index in [0.717, 1.165) is 48.3 Å². The molecule has 160 valence electrons. The molecule has 0 spiro atoms. The monoisotopic (exact) mass is 425 g/mol. The molecule has 5 rings (SSSR count). The summed E-state index contributed by atoms with van der Waals surface area (Å²) >= 11 is 0. The van der Waals surface area contributed by atoms with Crippen LogP contribution in [-0.4, -0.2) is 26.5 Å². The number of carboxylic acid groups (broad SMARTS) is 1. The van der Waals surface area contributed by atoms with Gasteiger partial charge in [0.2, 0.25) is 0 Å². The fourth-order valence-electron chi connectivity index (χ4n) is 4.49. The van der Waals surface area contributed by atoms with E-state index in [1.807, 2.05) is 54.6 Å². The number of aromatic nitrogens is 2. The third-order valence-corrected chi connectivity index (χ3v) is 6.04. The van der Waals surface area contributed by atoms with Gasteiger partial charge in [0.15, 0.2) is 0 Å². The van der Waals surface area contributed by atoms with Crippen LogP contribution in [0.5, 0.6) is 0 Å². The molecule has 0 unspecified atom stereocenters. The van der Waals surface area contributed by atoms with Crippen LogP contribution in [0.1, 0.15) is 52.4 Å². The van der Waals surface area contributed by atoms with Gasteiger partial charge in [0.25, 0.3) is 5.91 Å². The molecule has 3 aromatic carbocycles. The van der Waals surface area contributed by atoms with Crippen LogP contribution in [0.2, 0.25) is 0 Å². The topological polar surface area (TPSA) is 84.2 Å². The third kappa shape index (κ3) is 3.75. The zero-order valence-electron chi connectivity index (χ0n) is 17.5. The molecule has 1 fully saturated rings. The number of nitrogens with one attached hydrogen (secondary N) is 1. The fraction of sp³-hybridized carbons (Fsp3) is 0.192. The molecule has 4 aromatic rings. The normalized spacial score (nSPS) is 14.0. The summed E-state index contributed by atoms with van der Waals surface area (Å²) in [7, 11) is 0. The molecule has 0 bridgehead atoms. The van der Waals surface area contributed by atoms with E-state index >= 15 is 0 Å². The summed E-state index contributed by atoms with van der Waals surface area (Å²) in [6.07, 6.45) is 4.45. The van der Waals surface area contributed by atoms with Crippen molar-refractivity contribution >= 4 is 28.6 Å². The number of carbonyl (C=O) groups excluding carboxylic acids is 1. The van der Waals surface area contributed by atoms with E-state index in [-0.39, 0.29) is 11.5 Å². The van der Waals surface area contributed by atoms with Crippen LogP contribution < -0.4 is 5.32 Å². The molecule has 0 saturated heterocycles. The van der Waals surface area contributed by atoms with Gasteiger partial charge in [-0.25, -0.2) is 9.78 Å². The first-order chi connectivity index (χ1) is 15.6. The summed E-state index contributed by atoms with van der Waals surface area (Å²) in [4.78, 5) is 29.1. The van der Waals surface area contributed by atoms with Crippen molar-refractivity contribution in [2.24, 2.45) is 0 Å². The third-order valence-electron chi connectivity index (χ3n) is 6.04. The van der Waals surface area contributed by atoms with Crippen molar-refractivity contribution in [2.75, 3.05) is 5.32 Å². The van der Waals surface area contributed by atoms with Crippen LogP contribution in [-0.2, 0) is 0 Å². The minimum Gasteiger partial charge on any atom is -0.478 e. The molecule has 2 N–H and O–H groups in total. The minimum atomic E-state index is -0.969. The van der Waals surface area contributed by atoms with Gasteiger partial charge in [0.05, 0.1) is 16.6 Å². The SMILES string of the molecule is O=C(O)c1ccc2c(c1)nc(-c1cccc(C(=O)Nc3ccccc3)c1)n2C1CCCC1. The van der Waals surface area contributed by atoms with Gasteiger partial charge in [0.1, 0.15) is 5.82 Å². The van der Waals surface area contributed by atoms with Crippen molar-refractivity contribution in [1.82, 2.24) is 9.55 Å². The molecule has 0 atom stereocenters. The van der Waals surface area contributed by atoms with Gasteiger partial charge in [-0.15, -0.1) is 0 Å². The number of hydrogen-bond donors (Lipinski definition) is 2. The van der Waals surface area contributed by atoms with E-state index in [1.54, 1.807) is 18.2 Å². The van der Waals surface area contributed by atoms with Crippen molar-refractivity contribution in [2.45, 2.75) is 31.7 Å². The maximum absolute atomic E-state index is 12.8. The maximum Gasteiger partial charge on any atom is 0.335 e. The Morgan fingerprint density at radius 1 is 0.906 bits per heavy atom. The van der Waals surface area contributed by atoms with Crippen molar-refractivity contribution in [1.29, 1.82) is 0 Å². The van der Waals surface area contributed by atoms with E-state index in [2.05, 4.69) is 9.88 Å². The fourth-order valence-corrected chi connectivity index (χ4v) is 4.49. The molecule has 1 saturated carbocycles. The Balaban J connectivity index is 1.57. The first-order valence-corrected chi connectivity index (χ1v) is 10.8. The lowest BCUT2D eigenvalue weighted by atomic mass is 10.1. The number of nitrogens with zero attached hydrogens (tertiary/aromatic N) is 2. The highest BCUT2D eigenvalue weighted by Crippen LogP contribution is 2.37. The number of aromatic carboxylic acids is 1. The standard InChI is InChI=1S/C26H23N3O3/c30-25(27-20-9-2-1-3-10-20)18-8-6-7-17(15-18)24-28-22-16-19(26(31)32)13-14-23(22)29(24)21-11-4-5-12-21/h1-3,6-10,13-16,21H,4-5,11-12H2,(H,27,30)(H,31,32). The number of fused-ring (bicyclic) bond motifs is 1. The predicted octanol–water partition coefficient (Wildman–Crippen LogP) is 5.77. The Morgan fingerprint density at radius 2 is 1.69 bits per heavy atom. The molecule has 1 aliphatic carbocycles. The molecule has 6 heteroatoms. The largest absolute Gasteiger partial charge is 0.478 e. The number of rotatable bonds is 5. The molecular formula is C26H23N3O3. The van der Waals surface area contributed by atoms with E-state index < -0.39 is 5.97 Å². The molecule has 1 heterocycles. The number of carbonyl (C=O) groups is 2. The first kappa shape index (κ1) is 20.0. The summed E-state index contributed by atoms with van der Waals surface area (Å²) in [5.74, 6) is -0.387. The summed E-state index contributed by atoms with van der Waals surface area (Å²) in [5.41, 5.74) is 3.92. The average molecular weight is 425 g/mol. The van der Waals surface area contributed by atoms with E-state index in [4.69, 9.17) is 4.98 Å². The van der Waals surface area contributed by atoms with Crippen molar-refractivity contribution < 1.29 is 14.7 Å². The number of carboxylic acids is 1. The van der Waals surface area contributed by atoms with Gasteiger partial charge in [-0.2, -0.15) is 0 Å². The Hall–Kier alpha value is -3.93. The molecule has 1 aromatic heterocycles. The highest BCUT2D eigenvalue weighted by molar-refractivity contribution is 6.05. The molecule has 0 radical (unpaired) electrons. The number of anilines is 1. The lowest BCUT2D eigenvalue weighted by Gasteiger charge is -2.17. The predicted molar refractivity (Wildman–Crippen MR) is 124 cm³/mol. The molecule has 6 nitrogen and oxygen atoms in total. The lowest BCUT2D eigenvalue weighted by molar-refractivity contribution is 0.0696. The lowest BCUT2D eigenvalue weighted by Crippen LogP contribution is -2.12. The molecule has 0 aliphatic heterocycles. The van der Waals surface area contributed by atoms with Crippen LogP contribution in [0.15, 0.2) is 72.8 Å². The van der Waals surface area contributed by atoms with Crippen LogP contribution in [0.3, 0.4) is 0 Å². The van der Waals surface area contributed by atoms with Crippen molar-refractivity contribution in [3.05, 3.63) is 83.9 Å².